The van der Waals surface area contributed by atoms with Crippen molar-refractivity contribution in [2.24, 2.45) is 4.99 Å². The molecule has 6 nitrogen and oxygen atoms in total. The van der Waals surface area contributed by atoms with Gasteiger partial charge in [-0.3, -0.25) is 4.79 Å². The normalized spacial score (nSPS) is 11.7. The molecule has 2 rings (SSSR count). The lowest BCUT2D eigenvalue weighted by Gasteiger charge is -2.07. The van der Waals surface area contributed by atoms with E-state index in [1.807, 2.05) is 36.7 Å². The average molecular weight is 364 g/mol. The van der Waals surface area contributed by atoms with Crippen LogP contribution in [0.25, 0.3) is 0 Å². The predicted molar refractivity (Wildman–Crippen MR) is 97.2 cm³/mol. The van der Waals surface area contributed by atoms with E-state index in [9.17, 15) is 4.79 Å². The molecule has 0 saturated heterocycles. The second-order valence-corrected chi connectivity index (χ2v) is 6.48. The van der Waals surface area contributed by atoms with E-state index in [2.05, 4.69) is 4.99 Å². The Bertz CT molecular complexity index is 752. The number of benzene rings is 1. The topological polar surface area (TPSA) is 62.0 Å². The largest absolute Gasteiger partial charge is 0.493 e. The van der Waals surface area contributed by atoms with E-state index in [1.165, 1.54) is 11.3 Å². The van der Waals surface area contributed by atoms with E-state index in [0.29, 0.717) is 49.1 Å². The standard InChI is InChI=1S/C18H24N2O4S/c1-4-24-16-8-6-5-7-15(16)17(21)19-18-20(13-14(2)25-18)9-10-23-12-11-22-3/h5-8,13H,4,9-12H2,1-3H3. The second kappa shape index (κ2) is 10.1. The molecule has 1 aromatic carbocycles. The van der Waals surface area contributed by atoms with Gasteiger partial charge in [0.15, 0.2) is 4.80 Å². The molecule has 25 heavy (non-hydrogen) atoms. The highest BCUT2D eigenvalue weighted by Crippen LogP contribution is 2.18. The van der Waals surface area contributed by atoms with Gasteiger partial charge in [-0.25, -0.2) is 0 Å². The van der Waals surface area contributed by atoms with Crippen molar-refractivity contribution >= 4 is 17.2 Å². The Morgan fingerprint density at radius 1 is 1.24 bits per heavy atom. The molecule has 0 radical (unpaired) electrons. The zero-order chi connectivity index (χ0) is 18.1. The molecule has 1 heterocycles. The van der Waals surface area contributed by atoms with Crippen molar-refractivity contribution in [2.45, 2.75) is 20.4 Å². The van der Waals surface area contributed by atoms with Crippen LogP contribution in [0.4, 0.5) is 0 Å². The third-order valence-corrected chi connectivity index (χ3v) is 4.29. The number of aryl methyl sites for hydroxylation is 1. The van der Waals surface area contributed by atoms with Crippen LogP contribution in [0.3, 0.4) is 0 Å². The molecule has 2 aromatic rings. The zero-order valence-electron chi connectivity index (χ0n) is 14.9. The molecule has 0 atom stereocenters. The van der Waals surface area contributed by atoms with Crippen LogP contribution in [0.5, 0.6) is 5.75 Å². The smallest absolute Gasteiger partial charge is 0.283 e. The first kappa shape index (κ1) is 19.4. The van der Waals surface area contributed by atoms with Crippen molar-refractivity contribution in [3.8, 4) is 5.75 Å². The minimum Gasteiger partial charge on any atom is -0.493 e. The van der Waals surface area contributed by atoms with E-state index in [0.717, 1.165) is 4.88 Å². The fraction of sp³-hybridized carbons (Fsp3) is 0.444. The summed E-state index contributed by atoms with van der Waals surface area (Å²) in [7, 11) is 1.64. The molecule has 7 heteroatoms. The first-order valence-corrected chi connectivity index (χ1v) is 9.01. The summed E-state index contributed by atoms with van der Waals surface area (Å²) in [6.07, 6.45) is 1.98. The summed E-state index contributed by atoms with van der Waals surface area (Å²) in [6, 6.07) is 7.16. The Hall–Kier alpha value is -1.96. The van der Waals surface area contributed by atoms with Crippen LogP contribution in [-0.4, -0.2) is 44.0 Å². The predicted octanol–water partition coefficient (Wildman–Crippen LogP) is 2.66. The number of nitrogens with zero attached hydrogens (tertiary/aromatic N) is 2. The van der Waals surface area contributed by atoms with Gasteiger partial charge in [0.2, 0.25) is 0 Å². The number of para-hydroxylation sites is 1. The van der Waals surface area contributed by atoms with Crippen LogP contribution in [0.15, 0.2) is 35.5 Å². The van der Waals surface area contributed by atoms with E-state index < -0.39 is 0 Å². The van der Waals surface area contributed by atoms with E-state index in [-0.39, 0.29) is 5.91 Å². The molecule has 0 unspecified atom stereocenters. The summed E-state index contributed by atoms with van der Waals surface area (Å²) in [5.41, 5.74) is 0.471. The zero-order valence-corrected chi connectivity index (χ0v) is 15.7. The van der Waals surface area contributed by atoms with Crippen molar-refractivity contribution < 1.29 is 19.0 Å². The first-order valence-electron chi connectivity index (χ1n) is 8.20. The Morgan fingerprint density at radius 2 is 2.04 bits per heavy atom. The van der Waals surface area contributed by atoms with E-state index in [1.54, 1.807) is 19.2 Å². The maximum atomic E-state index is 12.6. The fourth-order valence-corrected chi connectivity index (χ4v) is 3.09. The molecule has 0 aliphatic carbocycles. The van der Waals surface area contributed by atoms with E-state index in [4.69, 9.17) is 14.2 Å². The molecule has 136 valence electrons. The van der Waals surface area contributed by atoms with Crippen molar-refractivity contribution in [1.82, 2.24) is 4.57 Å². The number of carbonyl (C=O) groups excluding carboxylic acids is 1. The molecular formula is C18H24N2O4S. The fourth-order valence-electron chi connectivity index (χ4n) is 2.23. The van der Waals surface area contributed by atoms with Gasteiger partial charge in [0.1, 0.15) is 5.75 Å². The molecule has 0 aliphatic rings. The SMILES string of the molecule is CCOc1ccccc1C(=O)N=c1sc(C)cn1CCOCCOC. The lowest BCUT2D eigenvalue weighted by atomic mass is 10.2. The number of thiazole rings is 1. The summed E-state index contributed by atoms with van der Waals surface area (Å²) < 4.78 is 17.9. The van der Waals surface area contributed by atoms with Crippen LogP contribution in [-0.2, 0) is 16.0 Å². The number of hydrogen-bond donors (Lipinski definition) is 0. The van der Waals surface area contributed by atoms with Gasteiger partial charge in [-0.2, -0.15) is 4.99 Å². The molecule has 1 aromatic heterocycles. The number of ether oxygens (including phenoxy) is 3. The van der Waals surface area contributed by atoms with Crippen LogP contribution in [0.2, 0.25) is 0 Å². The van der Waals surface area contributed by atoms with Crippen molar-refractivity contribution in [1.29, 1.82) is 0 Å². The van der Waals surface area contributed by atoms with Crippen molar-refractivity contribution in [3.05, 3.63) is 45.7 Å². The Labute approximate surface area is 151 Å². The molecule has 0 saturated carbocycles. The monoisotopic (exact) mass is 364 g/mol. The van der Waals surface area contributed by atoms with Crippen LogP contribution >= 0.6 is 11.3 Å². The number of aromatic nitrogens is 1. The number of methoxy groups -OCH3 is 1. The summed E-state index contributed by atoms with van der Waals surface area (Å²) in [5, 5.41) is 0. The van der Waals surface area contributed by atoms with Gasteiger partial charge >= 0.3 is 0 Å². The molecule has 0 fully saturated rings. The molecule has 0 spiro atoms. The third-order valence-electron chi connectivity index (χ3n) is 3.36. The van der Waals surface area contributed by atoms with Gasteiger partial charge in [0.05, 0.1) is 32.0 Å². The van der Waals surface area contributed by atoms with Gasteiger partial charge in [0, 0.05) is 24.7 Å². The van der Waals surface area contributed by atoms with E-state index >= 15 is 0 Å². The minimum atomic E-state index is -0.306. The second-order valence-electron chi connectivity index (χ2n) is 5.27. The van der Waals surface area contributed by atoms with Gasteiger partial charge < -0.3 is 18.8 Å². The number of hydrogen-bond acceptors (Lipinski definition) is 5. The number of amides is 1. The Morgan fingerprint density at radius 3 is 2.80 bits per heavy atom. The highest BCUT2D eigenvalue weighted by molar-refractivity contribution is 7.09. The maximum Gasteiger partial charge on any atom is 0.283 e. The lowest BCUT2D eigenvalue weighted by Crippen LogP contribution is -2.19. The van der Waals surface area contributed by atoms with Crippen LogP contribution < -0.4 is 9.54 Å². The highest BCUT2D eigenvalue weighted by atomic mass is 32.1. The lowest BCUT2D eigenvalue weighted by molar-refractivity contribution is 0.0663. The van der Waals surface area contributed by atoms with Crippen LogP contribution in [0.1, 0.15) is 22.2 Å². The summed E-state index contributed by atoms with van der Waals surface area (Å²) in [5.74, 6) is 0.251. The van der Waals surface area contributed by atoms with Crippen LogP contribution in [0, 0.1) is 6.92 Å². The molecule has 0 N–H and O–H groups in total. The first-order chi connectivity index (χ1) is 12.2. The summed E-state index contributed by atoms with van der Waals surface area (Å²) in [4.78, 5) is 18.6. The van der Waals surface area contributed by atoms with Gasteiger partial charge in [-0.1, -0.05) is 12.1 Å². The molecule has 1 amide bonds. The molecular weight excluding hydrogens is 340 g/mol. The maximum absolute atomic E-state index is 12.6. The van der Waals surface area contributed by atoms with Crippen molar-refractivity contribution in [2.75, 3.05) is 33.5 Å². The Kier molecular flexibility index (Phi) is 7.84. The Balaban J connectivity index is 2.16. The average Bonchev–Trinajstić information content (AvgIpc) is 2.94. The summed E-state index contributed by atoms with van der Waals surface area (Å²) >= 11 is 1.48. The van der Waals surface area contributed by atoms with Crippen molar-refractivity contribution in [3.63, 3.8) is 0 Å². The number of rotatable bonds is 9. The van der Waals surface area contributed by atoms with Gasteiger partial charge in [0.25, 0.3) is 5.91 Å². The highest BCUT2D eigenvalue weighted by Gasteiger charge is 2.11. The third kappa shape index (κ3) is 5.81. The van der Waals surface area contributed by atoms with Gasteiger partial charge in [-0.15, -0.1) is 11.3 Å². The quantitative estimate of drug-likeness (QED) is 0.642. The molecule has 0 aliphatic heterocycles. The minimum absolute atomic E-state index is 0.306. The molecule has 0 bridgehead atoms. The number of carbonyl (C=O) groups is 1. The van der Waals surface area contributed by atoms with Gasteiger partial charge in [-0.05, 0) is 26.0 Å². The summed E-state index contributed by atoms with van der Waals surface area (Å²) in [6.45, 7) is 6.67.